The van der Waals surface area contributed by atoms with Gasteiger partial charge in [-0.15, -0.1) is 0 Å². The molecule has 3 aromatic rings. The maximum atomic E-state index is 13.7. The van der Waals surface area contributed by atoms with Crippen molar-refractivity contribution < 1.29 is 14.3 Å². The molecule has 0 N–H and O–H groups in total. The Morgan fingerprint density at radius 3 is 2.14 bits per heavy atom. The van der Waals surface area contributed by atoms with Gasteiger partial charge in [0.15, 0.2) is 0 Å². The minimum absolute atomic E-state index is 0.00628. The van der Waals surface area contributed by atoms with Gasteiger partial charge in [-0.25, -0.2) is 0 Å². The molecule has 1 aliphatic heterocycles. The Bertz CT molecular complexity index is 1130. The summed E-state index contributed by atoms with van der Waals surface area (Å²) in [5.74, 6) is 0.702. The summed E-state index contributed by atoms with van der Waals surface area (Å²) in [5, 5.41) is 0. The number of amides is 2. The molecular formula is C32H38N2O3. The first kappa shape index (κ1) is 26.5. The highest BCUT2D eigenvalue weighted by molar-refractivity contribution is 5.97. The molecule has 0 radical (unpaired) electrons. The van der Waals surface area contributed by atoms with Crippen molar-refractivity contribution in [1.29, 1.82) is 0 Å². The molecular weight excluding hydrogens is 460 g/mol. The van der Waals surface area contributed by atoms with Gasteiger partial charge in [0.2, 0.25) is 5.91 Å². The number of para-hydroxylation sites is 1. The lowest BCUT2D eigenvalue weighted by atomic mass is 10.0. The summed E-state index contributed by atoms with van der Waals surface area (Å²) in [5.41, 5.74) is 2.76. The van der Waals surface area contributed by atoms with E-state index in [9.17, 15) is 9.59 Å². The van der Waals surface area contributed by atoms with Crippen LogP contribution in [0.1, 0.15) is 54.1 Å². The zero-order valence-corrected chi connectivity index (χ0v) is 21.9. The summed E-state index contributed by atoms with van der Waals surface area (Å²) in [6.45, 7) is 4.45. The normalized spacial score (nSPS) is 17.4. The Kier molecular flexibility index (Phi) is 9.75. The second-order valence-electron chi connectivity index (χ2n) is 9.70. The highest BCUT2D eigenvalue weighted by Gasteiger charge is 2.26. The summed E-state index contributed by atoms with van der Waals surface area (Å²) in [6, 6.07) is 27.5. The van der Waals surface area contributed by atoms with Crippen LogP contribution >= 0.6 is 0 Å². The molecule has 0 saturated heterocycles. The first-order valence-corrected chi connectivity index (χ1v) is 13.5. The number of benzene rings is 3. The topological polar surface area (TPSA) is 49.9 Å². The van der Waals surface area contributed by atoms with Gasteiger partial charge in [-0.3, -0.25) is 9.59 Å². The van der Waals surface area contributed by atoms with Gasteiger partial charge in [-0.2, -0.15) is 0 Å². The lowest BCUT2D eigenvalue weighted by molar-refractivity contribution is -0.133. The lowest BCUT2D eigenvalue weighted by Crippen LogP contribution is -2.46. The third-order valence-electron chi connectivity index (χ3n) is 7.07. The van der Waals surface area contributed by atoms with Crippen molar-refractivity contribution in [3.05, 3.63) is 102 Å². The van der Waals surface area contributed by atoms with Crippen molar-refractivity contribution in [2.45, 2.75) is 51.5 Å². The molecule has 37 heavy (non-hydrogen) atoms. The predicted octanol–water partition coefficient (Wildman–Crippen LogP) is 5.78. The van der Waals surface area contributed by atoms with Crippen molar-refractivity contribution in [3.63, 3.8) is 0 Å². The molecule has 1 aliphatic rings. The average Bonchev–Trinajstić information content (AvgIpc) is 2.93. The number of hydrogen-bond acceptors (Lipinski definition) is 3. The largest absolute Gasteiger partial charge is 0.491 e. The monoisotopic (exact) mass is 498 g/mol. The van der Waals surface area contributed by atoms with E-state index >= 15 is 0 Å². The molecule has 4 rings (SSSR count). The van der Waals surface area contributed by atoms with Crippen LogP contribution in [0, 0.1) is 0 Å². The van der Waals surface area contributed by atoms with Crippen LogP contribution in [0.15, 0.2) is 84.9 Å². The Morgan fingerprint density at radius 1 is 0.811 bits per heavy atom. The lowest BCUT2D eigenvalue weighted by Gasteiger charge is -2.33. The van der Waals surface area contributed by atoms with Gasteiger partial charge in [0, 0.05) is 19.6 Å². The van der Waals surface area contributed by atoms with Gasteiger partial charge in [0.25, 0.3) is 5.91 Å². The molecule has 2 amide bonds. The highest BCUT2D eigenvalue weighted by Crippen LogP contribution is 2.23. The summed E-state index contributed by atoms with van der Waals surface area (Å²) >= 11 is 0. The van der Waals surface area contributed by atoms with Gasteiger partial charge in [-0.05, 0) is 49.4 Å². The van der Waals surface area contributed by atoms with Gasteiger partial charge < -0.3 is 14.5 Å². The van der Waals surface area contributed by atoms with E-state index in [1.54, 1.807) is 0 Å². The van der Waals surface area contributed by atoms with Crippen LogP contribution in [0.5, 0.6) is 5.75 Å². The molecule has 0 aromatic heterocycles. The molecule has 1 heterocycles. The SMILES string of the molecule is CCN1CCCCCCN(C(=O)Cc2ccccc2)[C@@H](Cc2ccccc2)COc2ccccc2C1=O. The predicted molar refractivity (Wildman–Crippen MR) is 148 cm³/mol. The fraction of sp³-hybridized carbons (Fsp3) is 0.375. The smallest absolute Gasteiger partial charge is 0.257 e. The van der Waals surface area contributed by atoms with Crippen LogP contribution in [0.3, 0.4) is 0 Å². The second-order valence-corrected chi connectivity index (χ2v) is 9.70. The van der Waals surface area contributed by atoms with Crippen molar-refractivity contribution >= 4 is 11.8 Å². The van der Waals surface area contributed by atoms with Crippen LogP contribution in [0.2, 0.25) is 0 Å². The first-order valence-electron chi connectivity index (χ1n) is 13.5. The number of fused-ring (bicyclic) bond motifs is 1. The molecule has 0 unspecified atom stereocenters. The Labute approximate surface area is 221 Å². The molecule has 0 bridgehead atoms. The molecule has 0 saturated carbocycles. The van der Waals surface area contributed by atoms with E-state index in [1.807, 2.05) is 89.5 Å². The molecule has 194 valence electrons. The van der Waals surface area contributed by atoms with Crippen LogP contribution in [-0.4, -0.2) is 53.9 Å². The third kappa shape index (κ3) is 7.45. The zero-order chi connectivity index (χ0) is 25.9. The standard InChI is InChI=1S/C32H38N2O3/c1-2-33-21-13-3-4-14-22-34(31(35)24-27-17-9-6-10-18-27)28(23-26-15-7-5-8-16-26)25-37-30-20-12-11-19-29(30)32(33)36/h5-12,15-20,28H,2-4,13-14,21-25H2,1H3/t28-/m0/s1. The number of rotatable bonds is 5. The summed E-state index contributed by atoms with van der Waals surface area (Å²) in [4.78, 5) is 31.0. The third-order valence-corrected chi connectivity index (χ3v) is 7.07. The van der Waals surface area contributed by atoms with E-state index in [0.29, 0.717) is 43.9 Å². The fourth-order valence-corrected chi connectivity index (χ4v) is 5.00. The van der Waals surface area contributed by atoms with Gasteiger partial charge in [0.1, 0.15) is 12.4 Å². The van der Waals surface area contributed by atoms with E-state index in [2.05, 4.69) is 12.1 Å². The Morgan fingerprint density at radius 2 is 1.43 bits per heavy atom. The van der Waals surface area contributed by atoms with E-state index in [0.717, 1.165) is 43.4 Å². The van der Waals surface area contributed by atoms with Crippen LogP contribution in [0.4, 0.5) is 0 Å². The van der Waals surface area contributed by atoms with E-state index in [1.165, 1.54) is 0 Å². The van der Waals surface area contributed by atoms with E-state index in [-0.39, 0.29) is 17.9 Å². The minimum atomic E-state index is -0.146. The molecule has 0 aliphatic carbocycles. The van der Waals surface area contributed by atoms with Crippen molar-refractivity contribution in [1.82, 2.24) is 9.80 Å². The zero-order valence-electron chi connectivity index (χ0n) is 21.9. The minimum Gasteiger partial charge on any atom is -0.491 e. The summed E-state index contributed by atoms with van der Waals surface area (Å²) < 4.78 is 6.37. The van der Waals surface area contributed by atoms with Gasteiger partial charge in [0.05, 0.1) is 18.0 Å². The van der Waals surface area contributed by atoms with Crippen LogP contribution < -0.4 is 4.74 Å². The molecule has 5 heteroatoms. The van der Waals surface area contributed by atoms with Gasteiger partial charge >= 0.3 is 0 Å². The first-order chi connectivity index (χ1) is 18.2. The quantitative estimate of drug-likeness (QED) is 0.448. The number of carbonyl (C=O) groups excluding carboxylic acids is 2. The maximum absolute atomic E-state index is 13.7. The van der Waals surface area contributed by atoms with E-state index in [4.69, 9.17) is 4.74 Å². The summed E-state index contributed by atoms with van der Waals surface area (Å²) in [6.07, 6.45) is 5.00. The molecule has 0 fully saturated rings. The Balaban J connectivity index is 1.64. The number of ether oxygens (including phenoxy) is 1. The molecule has 0 spiro atoms. The van der Waals surface area contributed by atoms with E-state index < -0.39 is 0 Å². The maximum Gasteiger partial charge on any atom is 0.257 e. The molecule has 3 aromatic carbocycles. The number of hydrogen-bond donors (Lipinski definition) is 0. The second kappa shape index (κ2) is 13.6. The van der Waals surface area contributed by atoms with Crippen molar-refractivity contribution in [3.8, 4) is 5.75 Å². The van der Waals surface area contributed by atoms with Crippen LogP contribution in [-0.2, 0) is 17.6 Å². The number of carbonyl (C=O) groups is 2. The Hall–Kier alpha value is -3.60. The molecule has 5 nitrogen and oxygen atoms in total. The van der Waals surface area contributed by atoms with Crippen LogP contribution in [0.25, 0.3) is 0 Å². The number of nitrogens with zero attached hydrogens (tertiary/aromatic N) is 2. The highest BCUT2D eigenvalue weighted by atomic mass is 16.5. The van der Waals surface area contributed by atoms with Crippen molar-refractivity contribution in [2.24, 2.45) is 0 Å². The fourth-order valence-electron chi connectivity index (χ4n) is 5.00. The van der Waals surface area contributed by atoms with Crippen molar-refractivity contribution in [2.75, 3.05) is 26.2 Å². The van der Waals surface area contributed by atoms with Gasteiger partial charge in [-0.1, -0.05) is 85.6 Å². The average molecular weight is 499 g/mol. The summed E-state index contributed by atoms with van der Waals surface area (Å²) in [7, 11) is 0. The molecule has 1 atom stereocenters.